The topological polar surface area (TPSA) is 75.6 Å². The molecule has 6 heteroatoms. The molecule has 0 aliphatic carbocycles. The van der Waals surface area contributed by atoms with Gasteiger partial charge in [0.15, 0.2) is 6.10 Å². The molecule has 1 unspecified atom stereocenters. The van der Waals surface area contributed by atoms with Crippen molar-refractivity contribution in [3.63, 3.8) is 0 Å². The third-order valence-corrected chi connectivity index (χ3v) is 3.08. The molecule has 0 aliphatic heterocycles. The molecule has 0 aromatic heterocycles. The first kappa shape index (κ1) is 14.5. The van der Waals surface area contributed by atoms with Gasteiger partial charge in [0.25, 0.3) is 5.91 Å². The molecule has 0 bridgehead atoms. The van der Waals surface area contributed by atoms with Crippen molar-refractivity contribution in [1.82, 2.24) is 5.32 Å². The quantitative estimate of drug-likeness (QED) is 0.607. The molecule has 0 saturated carbocycles. The minimum Gasteiger partial charge on any atom is -0.467 e. The minimum absolute atomic E-state index is 0.172. The molecule has 98 valence electrons. The normalized spacial score (nSPS) is 11.7. The van der Waals surface area contributed by atoms with Crippen LogP contribution in [0, 0.1) is 0 Å². The van der Waals surface area contributed by atoms with Gasteiger partial charge in [-0.1, -0.05) is 12.1 Å². The van der Waals surface area contributed by atoms with Crippen molar-refractivity contribution in [2.45, 2.75) is 11.0 Å². The highest BCUT2D eigenvalue weighted by Gasteiger charge is 2.17. The van der Waals surface area contributed by atoms with Gasteiger partial charge >= 0.3 is 5.97 Å². The Morgan fingerprint density at radius 3 is 2.72 bits per heavy atom. The second-order valence-corrected chi connectivity index (χ2v) is 4.30. The first-order chi connectivity index (χ1) is 8.60. The summed E-state index contributed by atoms with van der Waals surface area (Å²) in [5.41, 5.74) is 0.516. The van der Waals surface area contributed by atoms with Gasteiger partial charge in [0.1, 0.15) is 0 Å². The van der Waals surface area contributed by atoms with Gasteiger partial charge in [-0.2, -0.15) is 0 Å². The number of aliphatic hydroxyl groups excluding tert-OH is 1. The molecule has 1 aromatic rings. The molecule has 1 amide bonds. The zero-order chi connectivity index (χ0) is 13.5. The van der Waals surface area contributed by atoms with Gasteiger partial charge in [0.2, 0.25) is 0 Å². The van der Waals surface area contributed by atoms with E-state index in [2.05, 4.69) is 10.1 Å². The number of esters is 1. The van der Waals surface area contributed by atoms with Gasteiger partial charge in [-0.3, -0.25) is 4.79 Å². The third kappa shape index (κ3) is 3.75. The van der Waals surface area contributed by atoms with Crippen molar-refractivity contribution >= 4 is 23.6 Å². The van der Waals surface area contributed by atoms with E-state index in [0.717, 1.165) is 4.90 Å². The smallest absolute Gasteiger partial charge is 0.336 e. The number of hydrogen-bond donors (Lipinski definition) is 2. The van der Waals surface area contributed by atoms with Crippen molar-refractivity contribution in [2.75, 3.05) is 19.9 Å². The van der Waals surface area contributed by atoms with E-state index < -0.39 is 12.1 Å². The number of nitrogens with one attached hydrogen (secondary N) is 1. The van der Waals surface area contributed by atoms with E-state index in [1.165, 1.54) is 18.9 Å². The fraction of sp³-hybridized carbons (Fsp3) is 0.333. The average molecular weight is 269 g/mol. The van der Waals surface area contributed by atoms with Gasteiger partial charge in [-0.15, -0.1) is 11.8 Å². The maximum Gasteiger partial charge on any atom is 0.336 e. The van der Waals surface area contributed by atoms with Crippen LogP contribution in [0.1, 0.15) is 10.4 Å². The standard InChI is InChI=1S/C12H15NO4S/c1-17-12(16)9(14)7-13-11(15)8-5-3-4-6-10(8)18-2/h3-6,9,14H,7H2,1-2H3,(H,13,15). The van der Waals surface area contributed by atoms with Crippen molar-refractivity contribution in [2.24, 2.45) is 0 Å². The highest BCUT2D eigenvalue weighted by atomic mass is 32.2. The molecule has 1 atom stereocenters. The van der Waals surface area contributed by atoms with Gasteiger partial charge in [0, 0.05) is 4.90 Å². The number of benzene rings is 1. The van der Waals surface area contributed by atoms with Gasteiger partial charge in [-0.05, 0) is 18.4 Å². The highest BCUT2D eigenvalue weighted by molar-refractivity contribution is 7.98. The summed E-state index contributed by atoms with van der Waals surface area (Å²) in [5.74, 6) is -1.10. The fourth-order valence-electron chi connectivity index (χ4n) is 1.34. The summed E-state index contributed by atoms with van der Waals surface area (Å²) in [6.45, 7) is -0.172. The van der Waals surface area contributed by atoms with Gasteiger partial charge in [0.05, 0.1) is 19.2 Å². The zero-order valence-corrected chi connectivity index (χ0v) is 11.0. The lowest BCUT2D eigenvalue weighted by molar-refractivity contribution is -0.149. The maximum absolute atomic E-state index is 11.9. The van der Waals surface area contributed by atoms with E-state index in [9.17, 15) is 14.7 Å². The number of carbonyl (C=O) groups is 2. The lowest BCUT2D eigenvalue weighted by atomic mass is 10.2. The summed E-state index contributed by atoms with van der Waals surface area (Å²) in [6, 6.07) is 7.11. The number of hydrogen-bond acceptors (Lipinski definition) is 5. The number of thioether (sulfide) groups is 1. The maximum atomic E-state index is 11.9. The van der Waals surface area contributed by atoms with E-state index >= 15 is 0 Å². The van der Waals surface area contributed by atoms with Crippen LogP contribution in [0.5, 0.6) is 0 Å². The minimum atomic E-state index is -1.35. The highest BCUT2D eigenvalue weighted by Crippen LogP contribution is 2.19. The summed E-state index contributed by atoms with van der Waals surface area (Å²) in [6.07, 6.45) is 0.524. The van der Waals surface area contributed by atoms with Crippen LogP contribution < -0.4 is 5.32 Å². The molecule has 1 aromatic carbocycles. The van der Waals surface area contributed by atoms with E-state index in [4.69, 9.17) is 0 Å². The molecule has 5 nitrogen and oxygen atoms in total. The SMILES string of the molecule is COC(=O)C(O)CNC(=O)c1ccccc1SC. The summed E-state index contributed by atoms with van der Waals surface area (Å²) < 4.78 is 4.35. The molecule has 2 N–H and O–H groups in total. The molecule has 0 spiro atoms. The Hall–Kier alpha value is -1.53. The molecule has 0 radical (unpaired) electrons. The van der Waals surface area contributed by atoms with Crippen LogP contribution in [0.15, 0.2) is 29.2 Å². The largest absolute Gasteiger partial charge is 0.467 e. The van der Waals surface area contributed by atoms with Crippen LogP contribution in [-0.2, 0) is 9.53 Å². The van der Waals surface area contributed by atoms with Crippen LogP contribution in [-0.4, -0.2) is 43.0 Å². The second-order valence-electron chi connectivity index (χ2n) is 3.45. The van der Waals surface area contributed by atoms with E-state index in [-0.39, 0.29) is 12.5 Å². The monoisotopic (exact) mass is 269 g/mol. The van der Waals surface area contributed by atoms with Crippen molar-refractivity contribution in [3.8, 4) is 0 Å². The van der Waals surface area contributed by atoms with Crippen LogP contribution >= 0.6 is 11.8 Å². The zero-order valence-electron chi connectivity index (χ0n) is 10.2. The van der Waals surface area contributed by atoms with Gasteiger partial charge < -0.3 is 15.2 Å². The van der Waals surface area contributed by atoms with Crippen LogP contribution in [0.3, 0.4) is 0 Å². The Balaban J connectivity index is 2.63. The first-order valence-corrected chi connectivity index (χ1v) is 6.49. The van der Waals surface area contributed by atoms with E-state index in [1.807, 2.05) is 18.4 Å². The third-order valence-electron chi connectivity index (χ3n) is 2.28. The summed E-state index contributed by atoms with van der Waals surface area (Å²) in [4.78, 5) is 23.6. The van der Waals surface area contributed by atoms with Crippen LogP contribution in [0.2, 0.25) is 0 Å². The lowest BCUT2D eigenvalue weighted by Crippen LogP contribution is -2.37. The van der Waals surface area contributed by atoms with Crippen molar-refractivity contribution in [1.29, 1.82) is 0 Å². The molecule has 0 aliphatic rings. The molecule has 0 saturated heterocycles. The molecule has 0 fully saturated rings. The summed E-state index contributed by atoms with van der Waals surface area (Å²) in [5, 5.41) is 11.8. The molecule has 0 heterocycles. The average Bonchev–Trinajstić information content (AvgIpc) is 2.43. The number of aliphatic hydroxyl groups is 1. The van der Waals surface area contributed by atoms with Crippen molar-refractivity contribution < 1.29 is 19.4 Å². The number of methoxy groups -OCH3 is 1. The molecule has 1 rings (SSSR count). The lowest BCUT2D eigenvalue weighted by Gasteiger charge is -2.11. The van der Waals surface area contributed by atoms with Gasteiger partial charge in [-0.25, -0.2) is 4.79 Å². The van der Waals surface area contributed by atoms with E-state index in [0.29, 0.717) is 5.56 Å². The summed E-state index contributed by atoms with van der Waals surface area (Å²) in [7, 11) is 1.18. The number of ether oxygens (including phenoxy) is 1. The Morgan fingerprint density at radius 2 is 2.11 bits per heavy atom. The van der Waals surface area contributed by atoms with Crippen molar-refractivity contribution in [3.05, 3.63) is 29.8 Å². The number of amides is 1. The van der Waals surface area contributed by atoms with E-state index in [1.54, 1.807) is 12.1 Å². The van der Waals surface area contributed by atoms with Crippen LogP contribution in [0.25, 0.3) is 0 Å². The molecular weight excluding hydrogens is 254 g/mol. The Labute approximate surface area is 110 Å². The van der Waals surface area contributed by atoms with Crippen LogP contribution in [0.4, 0.5) is 0 Å². The number of rotatable bonds is 5. The predicted molar refractivity (Wildman–Crippen MR) is 68.6 cm³/mol. The second kappa shape index (κ2) is 7.03. The predicted octanol–water partition coefficient (Wildman–Crippen LogP) is 0.672. The molecule has 18 heavy (non-hydrogen) atoms. The first-order valence-electron chi connectivity index (χ1n) is 5.27. The summed E-state index contributed by atoms with van der Waals surface area (Å²) >= 11 is 1.45. The Bertz CT molecular complexity index is 436. The fourth-order valence-corrected chi connectivity index (χ4v) is 1.93. The Morgan fingerprint density at radius 1 is 1.44 bits per heavy atom. The number of carbonyl (C=O) groups excluding carboxylic acids is 2. The Kier molecular flexibility index (Phi) is 5.67. The molecular formula is C12H15NO4S.